The monoisotopic (exact) mass is 569 g/mol. The molecule has 0 unspecified atom stereocenters. The van der Waals surface area contributed by atoms with Crippen LogP contribution in [0.25, 0.3) is 16.9 Å². The number of pyridine rings is 2. The average Bonchev–Trinajstić information content (AvgIpc) is 3.63. The molecule has 1 fully saturated rings. The first kappa shape index (κ1) is 29.6. The molecule has 0 amide bonds. The number of nitrogens with zero attached hydrogens (tertiary/aromatic N) is 9. The van der Waals surface area contributed by atoms with Gasteiger partial charge in [-0.05, 0) is 71.2 Å². The lowest BCUT2D eigenvalue weighted by Gasteiger charge is -2.38. The third kappa shape index (κ3) is 6.28. The first-order valence-electron chi connectivity index (χ1n) is 14.9. The van der Waals surface area contributed by atoms with Gasteiger partial charge in [0.25, 0.3) is 0 Å². The van der Waals surface area contributed by atoms with E-state index >= 15 is 0 Å². The normalized spacial score (nSPS) is 14.8. The molecule has 1 aliphatic rings. The summed E-state index contributed by atoms with van der Waals surface area (Å²) in [5.41, 5.74) is 6.47. The molecule has 0 atom stereocenters. The molecule has 0 aromatic carbocycles. The van der Waals surface area contributed by atoms with Crippen LogP contribution in [0.1, 0.15) is 81.8 Å². The number of ketones is 1. The molecule has 1 saturated heterocycles. The summed E-state index contributed by atoms with van der Waals surface area (Å²) in [6.45, 7) is 21.0. The second kappa shape index (κ2) is 11.8. The van der Waals surface area contributed by atoms with Crippen molar-refractivity contribution in [2.45, 2.75) is 79.3 Å². The Balaban J connectivity index is 1.34. The van der Waals surface area contributed by atoms with Crippen LogP contribution in [0.2, 0.25) is 0 Å². The number of Topliss-reactive ketones (excluding diaryl/α,β-unsaturated/α-hetero) is 1. The number of hydrogen-bond donors (Lipinski definition) is 0. The van der Waals surface area contributed by atoms with Crippen molar-refractivity contribution in [3.8, 4) is 16.9 Å². The van der Waals surface area contributed by atoms with E-state index in [9.17, 15) is 4.79 Å². The number of piperazine rings is 1. The van der Waals surface area contributed by atoms with Gasteiger partial charge in [0, 0.05) is 62.3 Å². The van der Waals surface area contributed by atoms with E-state index in [4.69, 9.17) is 5.10 Å². The lowest BCUT2D eigenvalue weighted by atomic mass is 10.0. The van der Waals surface area contributed by atoms with Gasteiger partial charge < -0.3 is 4.90 Å². The first-order chi connectivity index (χ1) is 19.9. The molecule has 0 N–H and O–H groups in total. The van der Waals surface area contributed by atoms with Gasteiger partial charge in [-0.15, -0.1) is 5.10 Å². The molecule has 1 aliphatic heterocycles. The predicted molar refractivity (Wildman–Crippen MR) is 165 cm³/mol. The molecule has 0 bridgehead atoms. The fourth-order valence-corrected chi connectivity index (χ4v) is 5.40. The molecule has 0 saturated carbocycles. The molecule has 10 nitrogen and oxygen atoms in total. The second-order valence-electron chi connectivity index (χ2n) is 12.8. The van der Waals surface area contributed by atoms with Crippen molar-refractivity contribution in [3.05, 3.63) is 65.6 Å². The average molecular weight is 570 g/mol. The Kier molecular flexibility index (Phi) is 8.28. The van der Waals surface area contributed by atoms with E-state index in [0.29, 0.717) is 11.7 Å². The van der Waals surface area contributed by atoms with Gasteiger partial charge in [-0.1, -0.05) is 19.1 Å². The number of carbonyl (C=O) groups excluding carboxylic acids is 1. The van der Waals surface area contributed by atoms with Crippen molar-refractivity contribution in [1.82, 2.24) is 39.6 Å². The fourth-order valence-electron chi connectivity index (χ4n) is 5.40. The highest BCUT2D eigenvalue weighted by molar-refractivity contribution is 5.96. The topological polar surface area (TPSA) is 97.9 Å². The zero-order valence-electron chi connectivity index (χ0n) is 26.2. The van der Waals surface area contributed by atoms with E-state index in [1.165, 1.54) is 0 Å². The van der Waals surface area contributed by atoms with Crippen molar-refractivity contribution < 1.29 is 4.79 Å². The van der Waals surface area contributed by atoms with Gasteiger partial charge in [0.05, 0.1) is 35.0 Å². The number of carbonyl (C=O) groups is 1. The van der Waals surface area contributed by atoms with E-state index in [1.54, 1.807) is 10.9 Å². The Labute approximate surface area is 248 Å². The van der Waals surface area contributed by atoms with E-state index in [2.05, 4.69) is 84.6 Å². The summed E-state index contributed by atoms with van der Waals surface area (Å²) in [5.74, 6) is 0.228. The zero-order valence-corrected chi connectivity index (χ0v) is 26.2. The van der Waals surface area contributed by atoms with Gasteiger partial charge in [-0.2, -0.15) is 5.10 Å². The number of rotatable bonds is 8. The van der Waals surface area contributed by atoms with Crippen LogP contribution >= 0.6 is 0 Å². The fraction of sp³-hybridized carbons (Fsp3) is 0.500. The molecule has 4 aromatic heterocycles. The summed E-state index contributed by atoms with van der Waals surface area (Å²) in [5, 5.41) is 13.6. The minimum Gasteiger partial charge on any atom is -0.368 e. The standard InChI is InChI=1S/C32H43N9O/c1-21(2)29-16-27(36-41(29)32(6,7)8)31(42)14-24-13-30(23(5)34-17-24)40-20-28(35-37-40)25-15-26(19-33-18-25)39-11-9-38(10-12-39)22(3)4/h13,15-22H,9-12,14H2,1-8H3. The van der Waals surface area contributed by atoms with Crippen molar-refractivity contribution >= 4 is 11.5 Å². The molecule has 0 radical (unpaired) electrons. The molecule has 222 valence electrons. The van der Waals surface area contributed by atoms with Crippen LogP contribution in [0.4, 0.5) is 5.69 Å². The van der Waals surface area contributed by atoms with Crippen LogP contribution in [-0.2, 0) is 12.0 Å². The highest BCUT2D eigenvalue weighted by Crippen LogP contribution is 2.26. The van der Waals surface area contributed by atoms with E-state index < -0.39 is 0 Å². The van der Waals surface area contributed by atoms with Gasteiger partial charge in [0.2, 0.25) is 0 Å². The summed E-state index contributed by atoms with van der Waals surface area (Å²) < 4.78 is 3.70. The Hall–Kier alpha value is -3.92. The molecule has 0 aliphatic carbocycles. The van der Waals surface area contributed by atoms with Crippen molar-refractivity contribution in [2.24, 2.45) is 0 Å². The minimum atomic E-state index is -0.209. The third-order valence-electron chi connectivity index (χ3n) is 7.90. The van der Waals surface area contributed by atoms with Crippen molar-refractivity contribution in [3.63, 3.8) is 0 Å². The summed E-state index contributed by atoms with van der Waals surface area (Å²) in [6.07, 6.45) is 7.60. The smallest absolute Gasteiger partial charge is 0.187 e. The van der Waals surface area contributed by atoms with Crippen molar-refractivity contribution in [1.29, 1.82) is 0 Å². The summed E-state index contributed by atoms with van der Waals surface area (Å²) in [4.78, 5) is 27.3. The van der Waals surface area contributed by atoms with Crippen LogP contribution in [0, 0.1) is 6.92 Å². The largest absolute Gasteiger partial charge is 0.368 e. The predicted octanol–water partition coefficient (Wildman–Crippen LogP) is 5.06. The van der Waals surface area contributed by atoms with E-state index in [-0.39, 0.29) is 23.7 Å². The van der Waals surface area contributed by atoms with E-state index in [1.807, 2.05) is 42.3 Å². The third-order valence-corrected chi connectivity index (χ3v) is 7.90. The van der Waals surface area contributed by atoms with Gasteiger partial charge in [0.1, 0.15) is 11.4 Å². The number of aryl methyl sites for hydroxylation is 1. The molecule has 4 aromatic rings. The highest BCUT2D eigenvalue weighted by Gasteiger charge is 2.24. The quantitative estimate of drug-likeness (QED) is 0.272. The lowest BCUT2D eigenvalue weighted by Crippen LogP contribution is -2.48. The maximum atomic E-state index is 13.3. The molecule has 5 rings (SSSR count). The van der Waals surface area contributed by atoms with Gasteiger partial charge in [-0.3, -0.25) is 24.3 Å². The Morgan fingerprint density at radius 1 is 0.976 bits per heavy atom. The van der Waals surface area contributed by atoms with Crippen LogP contribution in [0.15, 0.2) is 43.0 Å². The van der Waals surface area contributed by atoms with Crippen LogP contribution in [0.5, 0.6) is 0 Å². The molecule has 42 heavy (non-hydrogen) atoms. The summed E-state index contributed by atoms with van der Waals surface area (Å²) in [7, 11) is 0. The van der Waals surface area contributed by atoms with Gasteiger partial charge in [-0.25, -0.2) is 4.68 Å². The number of hydrogen-bond acceptors (Lipinski definition) is 8. The Bertz CT molecular complexity index is 1550. The number of anilines is 1. The molecular weight excluding hydrogens is 526 g/mol. The highest BCUT2D eigenvalue weighted by atomic mass is 16.1. The summed E-state index contributed by atoms with van der Waals surface area (Å²) in [6, 6.07) is 6.59. The first-order valence-corrected chi connectivity index (χ1v) is 14.9. The van der Waals surface area contributed by atoms with Crippen LogP contribution < -0.4 is 4.90 Å². The molecule has 0 spiro atoms. The van der Waals surface area contributed by atoms with Crippen molar-refractivity contribution in [2.75, 3.05) is 31.1 Å². The lowest BCUT2D eigenvalue weighted by molar-refractivity contribution is 0.0986. The Morgan fingerprint density at radius 3 is 2.36 bits per heavy atom. The van der Waals surface area contributed by atoms with Crippen LogP contribution in [0.3, 0.4) is 0 Å². The van der Waals surface area contributed by atoms with E-state index in [0.717, 1.165) is 65.8 Å². The van der Waals surface area contributed by atoms with Gasteiger partial charge >= 0.3 is 0 Å². The maximum absolute atomic E-state index is 13.3. The SMILES string of the molecule is Cc1ncc(CC(=O)c2cc(C(C)C)n(C(C)(C)C)n2)cc1-n1cc(-c2cncc(N3CCN(C(C)C)CC3)c2)nn1. The number of aromatic nitrogens is 7. The minimum absolute atomic E-state index is 0.0344. The Morgan fingerprint density at radius 2 is 1.71 bits per heavy atom. The molecule has 10 heteroatoms. The summed E-state index contributed by atoms with van der Waals surface area (Å²) >= 11 is 0. The maximum Gasteiger partial charge on any atom is 0.187 e. The molecule has 5 heterocycles. The van der Waals surface area contributed by atoms with Gasteiger partial charge in [0.15, 0.2) is 5.78 Å². The zero-order chi connectivity index (χ0) is 30.2. The van der Waals surface area contributed by atoms with Crippen LogP contribution in [-0.4, -0.2) is 77.6 Å². The molecular formula is C32H43N9O. The second-order valence-corrected chi connectivity index (χ2v) is 12.8.